The molecule has 1 amide bonds. The summed E-state index contributed by atoms with van der Waals surface area (Å²) in [5.41, 5.74) is 3.51. The Morgan fingerprint density at radius 2 is 1.64 bits per heavy atom. The van der Waals surface area contributed by atoms with Crippen molar-refractivity contribution in [2.24, 2.45) is 5.10 Å². The summed E-state index contributed by atoms with van der Waals surface area (Å²) >= 11 is 7.04. The first-order valence-electron chi connectivity index (χ1n) is 12.0. The van der Waals surface area contributed by atoms with Gasteiger partial charge in [-0.15, -0.1) is 0 Å². The number of hydrogen-bond acceptors (Lipinski definition) is 5. The molecule has 4 aromatic carbocycles. The van der Waals surface area contributed by atoms with Crippen LogP contribution in [0.5, 0.6) is 5.75 Å². The van der Waals surface area contributed by atoms with E-state index in [4.69, 9.17) is 9.72 Å². The Hall–Kier alpha value is -4.08. The summed E-state index contributed by atoms with van der Waals surface area (Å²) in [5, 5.41) is 7.84. The highest BCUT2D eigenvalue weighted by Crippen LogP contribution is 2.34. The van der Waals surface area contributed by atoms with Crippen LogP contribution in [0.2, 0.25) is 0 Å². The maximum atomic E-state index is 13.4. The van der Waals surface area contributed by atoms with E-state index in [1.807, 2.05) is 73.7 Å². The molecule has 0 aliphatic rings. The molecule has 0 unspecified atom stereocenters. The van der Waals surface area contributed by atoms with Crippen molar-refractivity contribution in [1.29, 1.82) is 0 Å². The fourth-order valence-corrected chi connectivity index (χ4v) is 5.41. The van der Waals surface area contributed by atoms with Gasteiger partial charge < -0.3 is 10.1 Å². The molecule has 0 atom stereocenters. The third-order valence-corrected chi connectivity index (χ3v) is 7.07. The first-order chi connectivity index (χ1) is 18.9. The number of para-hydroxylation sites is 2. The Bertz CT molecular complexity index is 1750. The SMILES string of the molecule is Cc1ccccc1NC(=O)COc1c(Br)cc(C=Nn2c(-c3ccccc3)nc3ccccc3c2=O)cc1Br. The lowest BCUT2D eigenvalue weighted by Crippen LogP contribution is -2.21. The van der Waals surface area contributed by atoms with Gasteiger partial charge in [0.1, 0.15) is 5.75 Å². The van der Waals surface area contributed by atoms with E-state index in [1.54, 1.807) is 30.5 Å². The van der Waals surface area contributed by atoms with Gasteiger partial charge in [0, 0.05) is 11.3 Å². The minimum absolute atomic E-state index is 0.169. The normalized spacial score (nSPS) is 11.2. The van der Waals surface area contributed by atoms with Crippen LogP contribution in [-0.2, 0) is 4.79 Å². The summed E-state index contributed by atoms with van der Waals surface area (Å²) in [6, 6.07) is 27.8. The number of carbonyl (C=O) groups excluding carboxylic acids is 1. The van der Waals surface area contributed by atoms with Crippen LogP contribution in [0.1, 0.15) is 11.1 Å². The van der Waals surface area contributed by atoms with E-state index in [-0.39, 0.29) is 18.1 Å². The fraction of sp³-hybridized carbons (Fsp3) is 0.0667. The van der Waals surface area contributed by atoms with Crippen molar-refractivity contribution in [3.05, 3.63) is 121 Å². The summed E-state index contributed by atoms with van der Waals surface area (Å²) in [7, 11) is 0. The molecule has 0 fully saturated rings. The third kappa shape index (κ3) is 6.00. The van der Waals surface area contributed by atoms with Crippen molar-refractivity contribution >= 4 is 60.6 Å². The minimum Gasteiger partial charge on any atom is -0.481 e. The van der Waals surface area contributed by atoms with Crippen molar-refractivity contribution < 1.29 is 9.53 Å². The van der Waals surface area contributed by atoms with Gasteiger partial charge in [0.05, 0.1) is 26.1 Å². The molecule has 7 nitrogen and oxygen atoms in total. The van der Waals surface area contributed by atoms with Gasteiger partial charge in [-0.2, -0.15) is 9.78 Å². The lowest BCUT2D eigenvalue weighted by Gasteiger charge is -2.12. The maximum absolute atomic E-state index is 13.4. The Morgan fingerprint density at radius 3 is 2.38 bits per heavy atom. The molecule has 0 radical (unpaired) electrons. The number of ether oxygens (including phenoxy) is 1. The second kappa shape index (κ2) is 11.8. The van der Waals surface area contributed by atoms with Crippen LogP contribution < -0.4 is 15.6 Å². The molecule has 39 heavy (non-hydrogen) atoms. The zero-order chi connectivity index (χ0) is 27.4. The van der Waals surface area contributed by atoms with E-state index in [0.29, 0.717) is 37.0 Å². The molecule has 0 aliphatic heterocycles. The molecule has 0 spiro atoms. The lowest BCUT2D eigenvalue weighted by atomic mass is 10.2. The molecule has 1 aromatic heterocycles. The number of nitrogens with zero attached hydrogens (tertiary/aromatic N) is 3. The first kappa shape index (κ1) is 26.5. The van der Waals surface area contributed by atoms with Gasteiger partial charge in [0.15, 0.2) is 12.4 Å². The molecule has 0 bridgehead atoms. The van der Waals surface area contributed by atoms with Crippen LogP contribution in [0.4, 0.5) is 5.69 Å². The third-order valence-electron chi connectivity index (χ3n) is 5.90. The van der Waals surface area contributed by atoms with Crippen molar-refractivity contribution in [1.82, 2.24) is 9.66 Å². The van der Waals surface area contributed by atoms with Gasteiger partial charge in [-0.05, 0) is 80.2 Å². The van der Waals surface area contributed by atoms with Crippen LogP contribution >= 0.6 is 31.9 Å². The molecule has 1 heterocycles. The second-order valence-corrected chi connectivity index (χ2v) is 10.4. The van der Waals surface area contributed by atoms with E-state index < -0.39 is 0 Å². The maximum Gasteiger partial charge on any atom is 0.282 e. The number of fused-ring (bicyclic) bond motifs is 1. The van der Waals surface area contributed by atoms with E-state index >= 15 is 0 Å². The smallest absolute Gasteiger partial charge is 0.282 e. The van der Waals surface area contributed by atoms with Crippen LogP contribution in [0, 0.1) is 6.92 Å². The average Bonchev–Trinajstić information content (AvgIpc) is 2.94. The molecule has 0 saturated heterocycles. The molecular weight excluding hydrogens is 624 g/mol. The number of aromatic nitrogens is 2. The largest absolute Gasteiger partial charge is 0.481 e. The van der Waals surface area contributed by atoms with Gasteiger partial charge in [0.2, 0.25) is 0 Å². The summed E-state index contributed by atoms with van der Waals surface area (Å²) in [4.78, 5) is 30.5. The quantitative estimate of drug-likeness (QED) is 0.197. The Morgan fingerprint density at radius 1 is 0.974 bits per heavy atom. The summed E-state index contributed by atoms with van der Waals surface area (Å²) < 4.78 is 8.33. The molecule has 194 valence electrons. The summed E-state index contributed by atoms with van der Waals surface area (Å²) in [6.45, 7) is 1.76. The summed E-state index contributed by atoms with van der Waals surface area (Å²) in [6.07, 6.45) is 1.58. The van der Waals surface area contributed by atoms with Crippen LogP contribution in [-0.4, -0.2) is 28.4 Å². The highest BCUT2D eigenvalue weighted by Gasteiger charge is 2.14. The van der Waals surface area contributed by atoms with Crippen LogP contribution in [0.3, 0.4) is 0 Å². The van der Waals surface area contributed by atoms with Crippen molar-refractivity contribution in [2.75, 3.05) is 11.9 Å². The monoisotopic (exact) mass is 644 g/mol. The number of aryl methyl sites for hydroxylation is 1. The number of rotatable bonds is 7. The second-order valence-electron chi connectivity index (χ2n) is 8.65. The van der Waals surface area contributed by atoms with Crippen molar-refractivity contribution in [2.45, 2.75) is 6.92 Å². The predicted molar refractivity (Wildman–Crippen MR) is 162 cm³/mol. The Balaban J connectivity index is 1.40. The Kier molecular flexibility index (Phi) is 7.99. The van der Waals surface area contributed by atoms with E-state index in [1.165, 1.54) is 4.68 Å². The number of hydrogen-bond donors (Lipinski definition) is 1. The highest BCUT2D eigenvalue weighted by atomic mass is 79.9. The molecule has 5 rings (SSSR count). The lowest BCUT2D eigenvalue weighted by molar-refractivity contribution is -0.118. The molecule has 1 N–H and O–H groups in total. The molecule has 9 heteroatoms. The topological polar surface area (TPSA) is 85.6 Å². The molecule has 5 aromatic rings. The average molecular weight is 646 g/mol. The van der Waals surface area contributed by atoms with Crippen molar-refractivity contribution in [3.63, 3.8) is 0 Å². The van der Waals surface area contributed by atoms with Crippen LogP contribution in [0.15, 0.2) is 110 Å². The number of amides is 1. The predicted octanol–water partition coefficient (Wildman–Crippen LogP) is 6.80. The number of benzene rings is 4. The zero-order valence-electron chi connectivity index (χ0n) is 20.8. The van der Waals surface area contributed by atoms with Gasteiger partial charge in [0.25, 0.3) is 11.5 Å². The minimum atomic E-state index is -0.273. The zero-order valence-corrected chi connectivity index (χ0v) is 23.9. The number of halogens is 2. The highest BCUT2D eigenvalue weighted by molar-refractivity contribution is 9.11. The van der Waals surface area contributed by atoms with E-state index in [0.717, 1.165) is 16.8 Å². The standard InChI is InChI=1S/C30H22Br2N4O3/c1-19-9-5-7-13-25(19)34-27(37)18-39-28-23(31)15-20(16-24(28)32)17-33-36-29(21-10-3-2-4-11-21)35-26-14-8-6-12-22(26)30(36)38/h2-17H,18H2,1H3,(H,34,37). The van der Waals surface area contributed by atoms with Gasteiger partial charge >= 0.3 is 0 Å². The molecule has 0 saturated carbocycles. The number of anilines is 1. The fourth-order valence-electron chi connectivity index (χ4n) is 3.96. The van der Waals surface area contributed by atoms with Gasteiger partial charge in [-0.3, -0.25) is 9.59 Å². The van der Waals surface area contributed by atoms with Gasteiger partial charge in [-0.1, -0.05) is 60.7 Å². The Labute approximate surface area is 241 Å². The van der Waals surface area contributed by atoms with E-state index in [9.17, 15) is 9.59 Å². The van der Waals surface area contributed by atoms with Crippen molar-refractivity contribution in [3.8, 4) is 17.1 Å². The first-order valence-corrected chi connectivity index (χ1v) is 13.6. The summed E-state index contributed by atoms with van der Waals surface area (Å²) in [5.74, 6) is 0.639. The molecule has 0 aliphatic carbocycles. The van der Waals surface area contributed by atoms with Crippen LogP contribution in [0.25, 0.3) is 22.3 Å². The van der Waals surface area contributed by atoms with E-state index in [2.05, 4.69) is 42.3 Å². The number of nitrogens with one attached hydrogen (secondary N) is 1. The molecular formula is C30H22Br2N4O3. The van der Waals surface area contributed by atoms with Gasteiger partial charge in [-0.25, -0.2) is 4.98 Å². The number of carbonyl (C=O) groups is 1.